The molecular formula is C21H29N5O3. The maximum absolute atomic E-state index is 11.6. The zero-order chi connectivity index (χ0) is 21.0. The van der Waals surface area contributed by atoms with Gasteiger partial charge in [0.05, 0.1) is 24.2 Å². The van der Waals surface area contributed by atoms with E-state index in [1.165, 1.54) is 0 Å². The smallest absolute Gasteiger partial charge is 0.407 e. The van der Waals surface area contributed by atoms with Crippen molar-refractivity contribution >= 4 is 33.8 Å². The predicted octanol–water partition coefficient (Wildman–Crippen LogP) is 3.27. The number of anilines is 1. The number of hydrogen-bond acceptors (Lipinski definition) is 6. The molecule has 3 rings (SSSR count). The SMILES string of the molecule is CCc1nc2c(N)nc3ccccc3c2n1CCOCCNC(=O)OC(C)(C)C. The molecule has 29 heavy (non-hydrogen) atoms. The Bertz CT molecular complexity index is 1010. The van der Waals surface area contributed by atoms with E-state index in [2.05, 4.69) is 21.8 Å². The largest absolute Gasteiger partial charge is 0.444 e. The average Bonchev–Trinajstić information content (AvgIpc) is 3.03. The van der Waals surface area contributed by atoms with E-state index < -0.39 is 11.7 Å². The van der Waals surface area contributed by atoms with E-state index in [0.29, 0.717) is 32.1 Å². The van der Waals surface area contributed by atoms with Crippen molar-refractivity contribution in [2.75, 3.05) is 25.5 Å². The van der Waals surface area contributed by atoms with Crippen LogP contribution in [0, 0.1) is 0 Å². The zero-order valence-electron chi connectivity index (χ0n) is 17.5. The number of amides is 1. The van der Waals surface area contributed by atoms with Crippen molar-refractivity contribution in [2.45, 2.75) is 46.3 Å². The van der Waals surface area contributed by atoms with Gasteiger partial charge < -0.3 is 25.1 Å². The highest BCUT2D eigenvalue weighted by molar-refractivity contribution is 6.06. The van der Waals surface area contributed by atoms with Crippen LogP contribution >= 0.6 is 0 Å². The van der Waals surface area contributed by atoms with Crippen molar-refractivity contribution in [3.05, 3.63) is 30.1 Å². The van der Waals surface area contributed by atoms with E-state index in [4.69, 9.17) is 20.2 Å². The van der Waals surface area contributed by atoms with E-state index in [0.717, 1.165) is 34.2 Å². The monoisotopic (exact) mass is 399 g/mol. The minimum absolute atomic E-state index is 0.389. The average molecular weight is 399 g/mol. The van der Waals surface area contributed by atoms with Crippen LogP contribution in [-0.2, 0) is 22.4 Å². The Morgan fingerprint density at radius 3 is 2.69 bits per heavy atom. The molecule has 1 aromatic carbocycles. The first-order chi connectivity index (χ1) is 13.8. The number of nitrogens with one attached hydrogen (secondary N) is 1. The summed E-state index contributed by atoms with van der Waals surface area (Å²) in [6.07, 6.45) is 0.340. The second-order valence-electron chi connectivity index (χ2n) is 7.79. The zero-order valence-corrected chi connectivity index (χ0v) is 17.5. The summed E-state index contributed by atoms with van der Waals surface area (Å²) in [5.74, 6) is 1.38. The molecule has 0 unspecified atom stereocenters. The van der Waals surface area contributed by atoms with E-state index in [9.17, 15) is 4.79 Å². The van der Waals surface area contributed by atoms with Gasteiger partial charge in [-0.1, -0.05) is 25.1 Å². The second kappa shape index (κ2) is 8.65. The Morgan fingerprint density at radius 2 is 1.97 bits per heavy atom. The van der Waals surface area contributed by atoms with Crippen molar-refractivity contribution in [1.82, 2.24) is 19.9 Å². The molecule has 0 bridgehead atoms. The first-order valence-corrected chi connectivity index (χ1v) is 9.88. The number of rotatable bonds is 7. The fourth-order valence-electron chi connectivity index (χ4n) is 3.21. The normalized spacial score (nSPS) is 11.9. The Morgan fingerprint density at radius 1 is 1.21 bits per heavy atom. The molecule has 156 valence electrons. The summed E-state index contributed by atoms with van der Waals surface area (Å²) in [6.45, 7) is 9.47. The first-order valence-electron chi connectivity index (χ1n) is 9.88. The molecule has 2 heterocycles. The van der Waals surface area contributed by atoms with Gasteiger partial charge >= 0.3 is 6.09 Å². The van der Waals surface area contributed by atoms with Gasteiger partial charge in [-0.15, -0.1) is 0 Å². The van der Waals surface area contributed by atoms with Crippen LogP contribution in [0.4, 0.5) is 10.6 Å². The highest BCUT2D eigenvalue weighted by Gasteiger charge is 2.17. The fourth-order valence-corrected chi connectivity index (χ4v) is 3.21. The minimum atomic E-state index is -0.510. The molecule has 0 aliphatic rings. The van der Waals surface area contributed by atoms with Gasteiger partial charge in [0.25, 0.3) is 0 Å². The third kappa shape index (κ3) is 4.95. The molecule has 3 N–H and O–H groups in total. The number of nitrogen functional groups attached to an aromatic ring is 1. The van der Waals surface area contributed by atoms with Crippen LogP contribution in [0.2, 0.25) is 0 Å². The van der Waals surface area contributed by atoms with Gasteiger partial charge in [0.15, 0.2) is 5.82 Å². The number of para-hydroxylation sites is 1. The van der Waals surface area contributed by atoms with Gasteiger partial charge in [-0.05, 0) is 26.8 Å². The van der Waals surface area contributed by atoms with Gasteiger partial charge in [0.2, 0.25) is 0 Å². The number of alkyl carbamates (subject to hydrolysis) is 1. The third-order valence-corrected chi connectivity index (χ3v) is 4.38. The molecular weight excluding hydrogens is 370 g/mol. The highest BCUT2D eigenvalue weighted by atomic mass is 16.6. The molecule has 1 amide bonds. The quantitative estimate of drug-likeness (QED) is 0.591. The van der Waals surface area contributed by atoms with Crippen LogP contribution in [0.5, 0.6) is 0 Å². The summed E-state index contributed by atoms with van der Waals surface area (Å²) in [5, 5.41) is 3.71. The predicted molar refractivity (Wildman–Crippen MR) is 114 cm³/mol. The summed E-state index contributed by atoms with van der Waals surface area (Å²) in [6, 6.07) is 7.92. The maximum Gasteiger partial charge on any atom is 0.407 e. The number of fused-ring (bicyclic) bond motifs is 3. The van der Waals surface area contributed by atoms with Crippen molar-refractivity contribution in [3.63, 3.8) is 0 Å². The summed E-state index contributed by atoms with van der Waals surface area (Å²) in [4.78, 5) is 20.8. The number of aryl methyl sites for hydroxylation is 1. The molecule has 0 aliphatic carbocycles. The number of carbonyl (C=O) groups excluding carboxylic acids is 1. The van der Waals surface area contributed by atoms with E-state index in [1.807, 2.05) is 45.0 Å². The number of aromatic nitrogens is 3. The second-order valence-corrected chi connectivity index (χ2v) is 7.79. The van der Waals surface area contributed by atoms with Crippen LogP contribution in [0.25, 0.3) is 21.9 Å². The number of imidazole rings is 1. The number of nitrogens with two attached hydrogens (primary N) is 1. The van der Waals surface area contributed by atoms with Crippen molar-refractivity contribution in [2.24, 2.45) is 0 Å². The fraction of sp³-hybridized carbons (Fsp3) is 0.476. The van der Waals surface area contributed by atoms with Gasteiger partial charge in [-0.2, -0.15) is 0 Å². The number of nitrogens with zero attached hydrogens (tertiary/aromatic N) is 3. The lowest BCUT2D eigenvalue weighted by atomic mass is 10.2. The lowest BCUT2D eigenvalue weighted by molar-refractivity contribution is 0.0497. The van der Waals surface area contributed by atoms with Crippen LogP contribution < -0.4 is 11.1 Å². The van der Waals surface area contributed by atoms with E-state index >= 15 is 0 Å². The molecule has 0 spiro atoms. The number of benzene rings is 1. The molecule has 0 atom stereocenters. The lowest BCUT2D eigenvalue weighted by Gasteiger charge is -2.19. The van der Waals surface area contributed by atoms with Gasteiger partial charge in [0, 0.05) is 24.9 Å². The topological polar surface area (TPSA) is 104 Å². The molecule has 0 aliphatic heterocycles. The molecule has 0 saturated carbocycles. The third-order valence-electron chi connectivity index (χ3n) is 4.38. The van der Waals surface area contributed by atoms with Gasteiger partial charge in [-0.25, -0.2) is 14.8 Å². The van der Waals surface area contributed by atoms with Crippen molar-refractivity contribution < 1.29 is 14.3 Å². The Labute approximate surface area is 170 Å². The van der Waals surface area contributed by atoms with E-state index in [-0.39, 0.29) is 0 Å². The van der Waals surface area contributed by atoms with Gasteiger partial charge in [-0.3, -0.25) is 0 Å². The van der Waals surface area contributed by atoms with Crippen LogP contribution in [-0.4, -0.2) is 46.0 Å². The number of hydrogen-bond donors (Lipinski definition) is 2. The summed E-state index contributed by atoms with van der Waals surface area (Å²) >= 11 is 0. The summed E-state index contributed by atoms with van der Waals surface area (Å²) in [5.41, 5.74) is 8.21. The molecule has 3 aromatic rings. The Balaban J connectivity index is 1.65. The summed E-state index contributed by atoms with van der Waals surface area (Å²) < 4.78 is 13.1. The molecule has 8 nitrogen and oxygen atoms in total. The highest BCUT2D eigenvalue weighted by Crippen LogP contribution is 2.28. The molecule has 0 fully saturated rings. The van der Waals surface area contributed by atoms with Crippen molar-refractivity contribution in [3.8, 4) is 0 Å². The van der Waals surface area contributed by atoms with Gasteiger partial charge in [0.1, 0.15) is 16.9 Å². The Hall–Kier alpha value is -2.87. The molecule has 0 saturated heterocycles. The molecule has 2 aromatic heterocycles. The van der Waals surface area contributed by atoms with Crippen LogP contribution in [0.15, 0.2) is 24.3 Å². The number of pyridine rings is 1. The van der Waals surface area contributed by atoms with Crippen LogP contribution in [0.3, 0.4) is 0 Å². The molecule has 8 heteroatoms. The number of ether oxygens (including phenoxy) is 2. The minimum Gasteiger partial charge on any atom is -0.444 e. The lowest BCUT2D eigenvalue weighted by Crippen LogP contribution is -2.34. The Kier molecular flexibility index (Phi) is 6.22. The maximum atomic E-state index is 11.6. The van der Waals surface area contributed by atoms with Crippen molar-refractivity contribution in [1.29, 1.82) is 0 Å². The molecule has 0 radical (unpaired) electrons. The first kappa shape index (κ1) is 20.9. The summed E-state index contributed by atoms with van der Waals surface area (Å²) in [7, 11) is 0. The number of carbonyl (C=O) groups is 1. The van der Waals surface area contributed by atoms with Crippen LogP contribution in [0.1, 0.15) is 33.5 Å². The van der Waals surface area contributed by atoms with E-state index in [1.54, 1.807) is 0 Å². The standard InChI is InChI=1S/C21H29N5O3/c1-5-16-25-17-18(14-8-6-7-9-15(14)24-19(17)22)26(16)11-13-28-12-10-23-20(27)29-21(2,3)4/h6-9H,5,10-13H2,1-4H3,(H2,22,24)(H,23,27).